The molecule has 92 valence electrons. The SMILES string of the molecule is Cc1ccc(C2OC(C)(C)OC2C(=O)O)cc1. The molecule has 0 amide bonds. The van der Waals surface area contributed by atoms with Gasteiger partial charge in [-0.15, -0.1) is 0 Å². The van der Waals surface area contributed by atoms with Crippen molar-refractivity contribution in [3.63, 3.8) is 0 Å². The Balaban J connectivity index is 2.30. The molecule has 1 saturated heterocycles. The first-order valence-corrected chi connectivity index (χ1v) is 5.54. The van der Waals surface area contributed by atoms with Gasteiger partial charge in [-0.25, -0.2) is 4.79 Å². The molecule has 1 N–H and O–H groups in total. The molecule has 2 unspecified atom stereocenters. The zero-order valence-electron chi connectivity index (χ0n) is 10.1. The second-order valence-electron chi connectivity index (χ2n) is 4.73. The van der Waals surface area contributed by atoms with Crippen molar-refractivity contribution in [2.45, 2.75) is 38.8 Å². The molecule has 4 nitrogen and oxygen atoms in total. The summed E-state index contributed by atoms with van der Waals surface area (Å²) in [4.78, 5) is 11.1. The van der Waals surface area contributed by atoms with E-state index < -0.39 is 24.0 Å². The van der Waals surface area contributed by atoms with E-state index >= 15 is 0 Å². The summed E-state index contributed by atoms with van der Waals surface area (Å²) in [5.41, 5.74) is 1.95. The van der Waals surface area contributed by atoms with E-state index in [0.717, 1.165) is 11.1 Å². The van der Waals surface area contributed by atoms with E-state index in [4.69, 9.17) is 14.6 Å². The van der Waals surface area contributed by atoms with Crippen LogP contribution in [0.4, 0.5) is 0 Å². The minimum Gasteiger partial charge on any atom is -0.479 e. The lowest BCUT2D eigenvalue weighted by Crippen LogP contribution is -2.27. The fourth-order valence-electron chi connectivity index (χ4n) is 1.94. The molecular weight excluding hydrogens is 220 g/mol. The van der Waals surface area contributed by atoms with Crippen LogP contribution in [-0.4, -0.2) is 23.0 Å². The number of carboxylic acids is 1. The van der Waals surface area contributed by atoms with E-state index in [1.807, 2.05) is 31.2 Å². The highest BCUT2D eigenvalue weighted by atomic mass is 16.8. The van der Waals surface area contributed by atoms with Gasteiger partial charge >= 0.3 is 5.97 Å². The van der Waals surface area contributed by atoms with Crippen LogP contribution in [0.2, 0.25) is 0 Å². The monoisotopic (exact) mass is 236 g/mol. The van der Waals surface area contributed by atoms with Crippen molar-refractivity contribution in [2.75, 3.05) is 0 Å². The average Bonchev–Trinajstić information content (AvgIpc) is 2.56. The van der Waals surface area contributed by atoms with Crippen LogP contribution in [0.3, 0.4) is 0 Å². The highest BCUT2D eigenvalue weighted by Gasteiger charge is 2.46. The number of carbonyl (C=O) groups is 1. The van der Waals surface area contributed by atoms with Crippen LogP contribution in [0, 0.1) is 6.92 Å². The Kier molecular flexibility index (Phi) is 2.93. The van der Waals surface area contributed by atoms with Crippen LogP contribution in [0.25, 0.3) is 0 Å². The van der Waals surface area contributed by atoms with Crippen LogP contribution in [0.5, 0.6) is 0 Å². The van der Waals surface area contributed by atoms with Crippen LogP contribution in [-0.2, 0) is 14.3 Å². The third kappa shape index (κ3) is 2.48. The van der Waals surface area contributed by atoms with Crippen LogP contribution in [0.15, 0.2) is 24.3 Å². The zero-order chi connectivity index (χ0) is 12.6. The molecule has 1 fully saturated rings. The van der Waals surface area contributed by atoms with Crippen molar-refractivity contribution in [3.8, 4) is 0 Å². The Hall–Kier alpha value is -1.39. The summed E-state index contributed by atoms with van der Waals surface area (Å²) in [7, 11) is 0. The number of ether oxygens (including phenoxy) is 2. The van der Waals surface area contributed by atoms with Crippen molar-refractivity contribution in [3.05, 3.63) is 35.4 Å². The van der Waals surface area contributed by atoms with Gasteiger partial charge in [0.2, 0.25) is 0 Å². The van der Waals surface area contributed by atoms with Crippen molar-refractivity contribution < 1.29 is 19.4 Å². The predicted octanol–water partition coefficient (Wildman–Crippen LogP) is 2.27. The standard InChI is InChI=1S/C13H16O4/c1-8-4-6-9(7-5-8)10-11(12(14)15)17-13(2,3)16-10/h4-7,10-11H,1-3H3,(H,14,15). The summed E-state index contributed by atoms with van der Waals surface area (Å²) < 4.78 is 11.0. The summed E-state index contributed by atoms with van der Waals surface area (Å²) in [5, 5.41) is 9.13. The first kappa shape index (κ1) is 12.1. The first-order chi connectivity index (χ1) is 7.89. The molecule has 1 aliphatic heterocycles. The molecule has 0 spiro atoms. The fourth-order valence-corrected chi connectivity index (χ4v) is 1.94. The van der Waals surface area contributed by atoms with Gasteiger partial charge in [-0.1, -0.05) is 29.8 Å². The second-order valence-corrected chi connectivity index (χ2v) is 4.73. The molecule has 4 heteroatoms. The number of hydrogen-bond donors (Lipinski definition) is 1. The molecule has 0 bridgehead atoms. The van der Waals surface area contributed by atoms with Gasteiger partial charge in [0.05, 0.1) is 0 Å². The van der Waals surface area contributed by atoms with Crippen LogP contribution < -0.4 is 0 Å². The molecule has 0 aliphatic carbocycles. The first-order valence-electron chi connectivity index (χ1n) is 5.54. The minimum absolute atomic E-state index is 0.553. The van der Waals surface area contributed by atoms with Gasteiger partial charge in [0, 0.05) is 0 Å². The Bertz CT molecular complexity index is 422. The Morgan fingerprint density at radius 2 is 1.82 bits per heavy atom. The average molecular weight is 236 g/mol. The topological polar surface area (TPSA) is 55.8 Å². The molecule has 0 saturated carbocycles. The molecule has 1 heterocycles. The lowest BCUT2D eigenvalue weighted by atomic mass is 10.0. The van der Waals surface area contributed by atoms with Crippen molar-refractivity contribution in [1.29, 1.82) is 0 Å². The quantitative estimate of drug-likeness (QED) is 0.855. The van der Waals surface area contributed by atoms with E-state index in [9.17, 15) is 4.79 Å². The number of aliphatic carboxylic acids is 1. The van der Waals surface area contributed by atoms with Gasteiger partial charge < -0.3 is 14.6 Å². The molecule has 2 rings (SSSR count). The molecule has 0 aromatic heterocycles. The molecule has 17 heavy (non-hydrogen) atoms. The summed E-state index contributed by atoms with van der Waals surface area (Å²) in [5.74, 6) is -1.86. The van der Waals surface area contributed by atoms with E-state index in [0.29, 0.717) is 0 Å². The molecule has 1 aromatic rings. The van der Waals surface area contributed by atoms with Gasteiger partial charge in [0.15, 0.2) is 11.9 Å². The lowest BCUT2D eigenvalue weighted by Gasteiger charge is -2.16. The largest absolute Gasteiger partial charge is 0.479 e. The van der Waals surface area contributed by atoms with Crippen molar-refractivity contribution in [1.82, 2.24) is 0 Å². The number of carboxylic acid groups (broad SMARTS) is 1. The molecular formula is C13H16O4. The van der Waals surface area contributed by atoms with Crippen molar-refractivity contribution >= 4 is 5.97 Å². The predicted molar refractivity (Wildman–Crippen MR) is 61.6 cm³/mol. The number of aryl methyl sites for hydroxylation is 1. The van der Waals surface area contributed by atoms with Gasteiger partial charge in [-0.2, -0.15) is 0 Å². The number of hydrogen-bond acceptors (Lipinski definition) is 3. The van der Waals surface area contributed by atoms with E-state index in [1.54, 1.807) is 13.8 Å². The Morgan fingerprint density at radius 1 is 1.24 bits per heavy atom. The Morgan fingerprint density at radius 3 is 2.35 bits per heavy atom. The summed E-state index contributed by atoms with van der Waals surface area (Å²) in [6, 6.07) is 7.62. The molecule has 2 atom stereocenters. The van der Waals surface area contributed by atoms with Crippen molar-refractivity contribution in [2.24, 2.45) is 0 Å². The fraction of sp³-hybridized carbons (Fsp3) is 0.462. The van der Waals surface area contributed by atoms with Crippen LogP contribution in [0.1, 0.15) is 31.1 Å². The van der Waals surface area contributed by atoms with Gasteiger partial charge in [0.1, 0.15) is 6.10 Å². The maximum atomic E-state index is 11.1. The van der Waals surface area contributed by atoms with Crippen LogP contribution >= 0.6 is 0 Å². The zero-order valence-corrected chi connectivity index (χ0v) is 10.1. The van der Waals surface area contributed by atoms with E-state index in [2.05, 4.69) is 0 Å². The molecule has 1 aliphatic rings. The maximum absolute atomic E-state index is 11.1. The van der Waals surface area contributed by atoms with Gasteiger partial charge in [-0.05, 0) is 26.3 Å². The lowest BCUT2D eigenvalue weighted by molar-refractivity contribution is -0.165. The summed E-state index contributed by atoms with van der Waals surface area (Å²) >= 11 is 0. The van der Waals surface area contributed by atoms with Gasteiger partial charge in [0.25, 0.3) is 0 Å². The van der Waals surface area contributed by atoms with Gasteiger partial charge in [-0.3, -0.25) is 0 Å². The highest BCUT2D eigenvalue weighted by molar-refractivity contribution is 5.74. The highest BCUT2D eigenvalue weighted by Crippen LogP contribution is 2.38. The third-order valence-corrected chi connectivity index (χ3v) is 2.75. The smallest absolute Gasteiger partial charge is 0.336 e. The molecule has 0 radical (unpaired) electrons. The van der Waals surface area contributed by atoms with E-state index in [-0.39, 0.29) is 0 Å². The molecule has 1 aromatic carbocycles. The Labute approximate surface area is 100 Å². The summed E-state index contributed by atoms with van der Waals surface area (Å²) in [6.45, 7) is 5.42. The van der Waals surface area contributed by atoms with E-state index in [1.165, 1.54) is 0 Å². The minimum atomic E-state index is -0.999. The maximum Gasteiger partial charge on any atom is 0.336 e. The summed E-state index contributed by atoms with van der Waals surface area (Å²) in [6.07, 6.45) is -1.50. The number of benzene rings is 1. The third-order valence-electron chi connectivity index (χ3n) is 2.75. The number of rotatable bonds is 2. The second kappa shape index (κ2) is 4.13. The normalized spacial score (nSPS) is 27.0.